The molecule has 0 aliphatic carbocycles. The van der Waals surface area contributed by atoms with E-state index in [0.29, 0.717) is 10.9 Å². The first-order valence-corrected chi connectivity index (χ1v) is 9.71. The summed E-state index contributed by atoms with van der Waals surface area (Å²) in [5.41, 5.74) is 0.773. The molecule has 146 valence electrons. The van der Waals surface area contributed by atoms with Crippen molar-refractivity contribution >= 4 is 27.0 Å². The Morgan fingerprint density at radius 1 is 1.14 bits per heavy atom. The average Bonchev–Trinajstić information content (AvgIpc) is 2.64. The molecule has 0 atom stereocenters. The maximum absolute atomic E-state index is 12.2. The number of aromatic hydroxyl groups is 1. The van der Waals surface area contributed by atoms with Crippen LogP contribution >= 0.6 is 0 Å². The summed E-state index contributed by atoms with van der Waals surface area (Å²) in [5, 5.41) is 9.96. The highest BCUT2D eigenvalue weighted by Crippen LogP contribution is 2.22. The third-order valence-electron chi connectivity index (χ3n) is 3.94. The van der Waals surface area contributed by atoms with Crippen LogP contribution in [0, 0.1) is 6.92 Å². The highest BCUT2D eigenvalue weighted by atomic mass is 32.2. The first-order valence-electron chi connectivity index (χ1n) is 8.22. The van der Waals surface area contributed by atoms with Gasteiger partial charge in [0, 0.05) is 23.1 Å². The molecule has 1 aromatic heterocycles. The SMILES string of the molecule is Cc1ccc(S(=O)(=O)NCC(=O)OCc2cc(=O)oc3cc(O)ccc23)cc1. The van der Waals surface area contributed by atoms with Crippen molar-refractivity contribution in [2.45, 2.75) is 18.4 Å². The third-order valence-corrected chi connectivity index (χ3v) is 5.36. The van der Waals surface area contributed by atoms with E-state index in [9.17, 15) is 23.1 Å². The summed E-state index contributed by atoms with van der Waals surface area (Å²) in [7, 11) is -3.84. The number of ether oxygens (including phenoxy) is 1. The quantitative estimate of drug-likeness (QED) is 0.475. The average molecular weight is 403 g/mol. The van der Waals surface area contributed by atoms with Crippen LogP contribution in [0.3, 0.4) is 0 Å². The third kappa shape index (κ3) is 4.56. The molecule has 0 aliphatic heterocycles. The van der Waals surface area contributed by atoms with Crippen molar-refractivity contribution in [3.05, 3.63) is 70.1 Å². The molecule has 3 rings (SSSR count). The van der Waals surface area contributed by atoms with E-state index in [1.54, 1.807) is 12.1 Å². The topological polar surface area (TPSA) is 123 Å². The van der Waals surface area contributed by atoms with Gasteiger partial charge in [0.1, 0.15) is 24.5 Å². The highest BCUT2D eigenvalue weighted by Gasteiger charge is 2.16. The molecule has 0 spiro atoms. The molecule has 1 heterocycles. The van der Waals surface area contributed by atoms with E-state index in [0.717, 1.165) is 5.56 Å². The summed E-state index contributed by atoms with van der Waals surface area (Å²) in [6.45, 7) is 1.02. The van der Waals surface area contributed by atoms with Crippen molar-refractivity contribution in [1.82, 2.24) is 4.72 Å². The number of carbonyl (C=O) groups excluding carboxylic acids is 1. The van der Waals surface area contributed by atoms with Crippen molar-refractivity contribution in [3.8, 4) is 5.75 Å². The monoisotopic (exact) mass is 403 g/mol. The first kappa shape index (κ1) is 19.6. The number of benzene rings is 2. The van der Waals surface area contributed by atoms with Gasteiger partial charge in [0.15, 0.2) is 0 Å². The number of aryl methyl sites for hydroxylation is 1. The summed E-state index contributed by atoms with van der Waals surface area (Å²) < 4.78 is 36.6. The van der Waals surface area contributed by atoms with Gasteiger partial charge in [-0.2, -0.15) is 4.72 Å². The van der Waals surface area contributed by atoms with E-state index in [1.165, 1.54) is 36.4 Å². The van der Waals surface area contributed by atoms with Gasteiger partial charge in [-0.15, -0.1) is 0 Å². The van der Waals surface area contributed by atoms with Gasteiger partial charge in [-0.25, -0.2) is 13.2 Å². The molecule has 0 amide bonds. The van der Waals surface area contributed by atoms with Gasteiger partial charge < -0.3 is 14.3 Å². The number of esters is 1. The van der Waals surface area contributed by atoms with Gasteiger partial charge in [-0.05, 0) is 31.2 Å². The minimum absolute atomic E-state index is 0.0392. The molecule has 3 aromatic rings. The van der Waals surface area contributed by atoms with E-state index in [4.69, 9.17) is 9.15 Å². The van der Waals surface area contributed by atoms with E-state index in [1.807, 2.05) is 6.92 Å². The van der Waals surface area contributed by atoms with Gasteiger partial charge in [-0.3, -0.25) is 4.79 Å². The molecule has 2 N–H and O–H groups in total. The lowest BCUT2D eigenvalue weighted by molar-refractivity contribution is -0.143. The van der Waals surface area contributed by atoms with Gasteiger partial charge in [0.25, 0.3) is 0 Å². The smallest absolute Gasteiger partial charge is 0.336 e. The lowest BCUT2D eigenvalue weighted by Gasteiger charge is -2.09. The normalized spacial score (nSPS) is 11.5. The molecule has 0 fully saturated rings. The van der Waals surface area contributed by atoms with Crippen LogP contribution in [-0.4, -0.2) is 26.0 Å². The van der Waals surface area contributed by atoms with E-state index in [-0.39, 0.29) is 22.8 Å². The second-order valence-electron chi connectivity index (χ2n) is 6.07. The maximum atomic E-state index is 12.2. The number of sulfonamides is 1. The summed E-state index contributed by atoms with van der Waals surface area (Å²) in [5.74, 6) is -0.883. The predicted octanol–water partition coefficient (Wildman–Crippen LogP) is 1.83. The van der Waals surface area contributed by atoms with Crippen LogP contribution in [0.2, 0.25) is 0 Å². The molecule has 0 unspecified atom stereocenters. The lowest BCUT2D eigenvalue weighted by atomic mass is 10.1. The van der Waals surface area contributed by atoms with Crippen LogP contribution in [0.15, 0.2) is 62.6 Å². The molecule has 0 saturated heterocycles. The zero-order valence-corrected chi connectivity index (χ0v) is 15.7. The number of rotatable bonds is 6. The molecule has 9 heteroatoms. The number of hydrogen-bond acceptors (Lipinski definition) is 7. The van der Waals surface area contributed by atoms with Crippen LogP contribution in [0.4, 0.5) is 0 Å². The van der Waals surface area contributed by atoms with Crippen LogP contribution in [0.25, 0.3) is 11.0 Å². The highest BCUT2D eigenvalue weighted by molar-refractivity contribution is 7.89. The number of hydrogen-bond donors (Lipinski definition) is 2. The number of fused-ring (bicyclic) bond motifs is 1. The van der Waals surface area contributed by atoms with Crippen molar-refractivity contribution in [2.75, 3.05) is 6.54 Å². The Balaban J connectivity index is 1.66. The van der Waals surface area contributed by atoms with Crippen LogP contribution in [0.5, 0.6) is 5.75 Å². The van der Waals surface area contributed by atoms with Crippen molar-refractivity contribution in [2.24, 2.45) is 0 Å². The van der Waals surface area contributed by atoms with Crippen LogP contribution in [0.1, 0.15) is 11.1 Å². The molecule has 2 aromatic carbocycles. The minimum Gasteiger partial charge on any atom is -0.508 e. The molecular weight excluding hydrogens is 386 g/mol. The molecule has 8 nitrogen and oxygen atoms in total. The molecule has 0 radical (unpaired) electrons. The molecule has 28 heavy (non-hydrogen) atoms. The van der Waals surface area contributed by atoms with Crippen molar-refractivity contribution in [1.29, 1.82) is 0 Å². The zero-order valence-electron chi connectivity index (χ0n) is 14.8. The number of phenols is 1. The minimum atomic E-state index is -3.84. The van der Waals surface area contributed by atoms with Crippen LogP contribution < -0.4 is 10.3 Å². The standard InChI is InChI=1S/C19H17NO7S/c1-12-2-5-15(6-3-12)28(24,25)20-10-19(23)26-11-13-8-18(22)27-17-9-14(21)4-7-16(13)17/h2-9,20-21H,10-11H2,1H3. The Kier molecular flexibility index (Phi) is 5.48. The Labute approximate surface area is 160 Å². The van der Waals surface area contributed by atoms with E-state index < -0.39 is 28.2 Å². The second kappa shape index (κ2) is 7.83. The van der Waals surface area contributed by atoms with Gasteiger partial charge >= 0.3 is 11.6 Å². The molecule has 0 bridgehead atoms. The Morgan fingerprint density at radius 3 is 2.57 bits per heavy atom. The fourth-order valence-electron chi connectivity index (χ4n) is 2.50. The second-order valence-corrected chi connectivity index (χ2v) is 7.84. The van der Waals surface area contributed by atoms with Gasteiger partial charge in [0.2, 0.25) is 10.0 Å². The molecule has 0 aliphatic rings. The largest absolute Gasteiger partial charge is 0.508 e. The Hall–Kier alpha value is -3.17. The van der Waals surface area contributed by atoms with Gasteiger partial charge in [0.05, 0.1) is 4.90 Å². The predicted molar refractivity (Wildman–Crippen MR) is 100 cm³/mol. The lowest BCUT2D eigenvalue weighted by Crippen LogP contribution is -2.30. The van der Waals surface area contributed by atoms with Crippen LogP contribution in [-0.2, 0) is 26.2 Å². The maximum Gasteiger partial charge on any atom is 0.336 e. The van der Waals surface area contributed by atoms with Gasteiger partial charge in [-0.1, -0.05) is 17.7 Å². The van der Waals surface area contributed by atoms with E-state index in [2.05, 4.69) is 4.72 Å². The van der Waals surface area contributed by atoms with E-state index >= 15 is 0 Å². The number of phenolic OH excluding ortho intramolecular Hbond substituents is 1. The zero-order chi connectivity index (χ0) is 20.3. The summed E-state index contributed by atoms with van der Waals surface area (Å²) >= 11 is 0. The fourth-order valence-corrected chi connectivity index (χ4v) is 3.47. The number of nitrogens with one attached hydrogen (secondary N) is 1. The summed E-state index contributed by atoms with van der Waals surface area (Å²) in [4.78, 5) is 23.6. The fraction of sp³-hybridized carbons (Fsp3) is 0.158. The number of carbonyl (C=O) groups is 1. The molecular formula is C19H17NO7S. The first-order chi connectivity index (χ1) is 13.2. The van der Waals surface area contributed by atoms with Crippen molar-refractivity contribution < 1.29 is 27.5 Å². The Morgan fingerprint density at radius 2 is 1.86 bits per heavy atom. The van der Waals surface area contributed by atoms with Crippen molar-refractivity contribution in [3.63, 3.8) is 0 Å². The molecule has 0 saturated carbocycles. The Bertz CT molecular complexity index is 1180. The summed E-state index contributed by atoms with van der Waals surface area (Å²) in [6.07, 6.45) is 0. The summed E-state index contributed by atoms with van der Waals surface area (Å²) in [6, 6.07) is 11.6.